The summed E-state index contributed by atoms with van der Waals surface area (Å²) < 4.78 is 23.6. The number of nitrogens with one attached hydrogen (secondary N) is 4. The van der Waals surface area contributed by atoms with Crippen LogP contribution >= 0.6 is 0 Å². The number of carbonyl (C=O) groups is 1. The number of hydrogen-bond acceptors (Lipinski definition) is 8. The van der Waals surface area contributed by atoms with E-state index in [1.165, 1.54) is 0 Å². The van der Waals surface area contributed by atoms with Crippen molar-refractivity contribution in [3.63, 3.8) is 0 Å². The molecule has 3 heterocycles. The molecule has 5 rings (SSSR count). The maximum Gasteiger partial charge on any atom is 0.411 e. The molecule has 194 valence electrons. The van der Waals surface area contributed by atoms with Gasteiger partial charge in [-0.15, -0.1) is 0 Å². The summed E-state index contributed by atoms with van der Waals surface area (Å²) in [7, 11) is 1.89. The lowest BCUT2D eigenvalue weighted by Crippen LogP contribution is -2.38. The minimum absolute atomic E-state index is 0.00759. The first-order valence-electron chi connectivity index (χ1n) is 12.2. The van der Waals surface area contributed by atoms with E-state index in [1.54, 1.807) is 0 Å². The molecule has 0 radical (unpaired) electrons. The van der Waals surface area contributed by atoms with Crippen molar-refractivity contribution in [1.29, 1.82) is 0 Å². The van der Waals surface area contributed by atoms with Crippen molar-refractivity contribution in [3.8, 4) is 11.5 Å². The molecule has 10 nitrogen and oxygen atoms in total. The highest BCUT2D eigenvalue weighted by Crippen LogP contribution is 2.34. The van der Waals surface area contributed by atoms with Crippen molar-refractivity contribution in [2.45, 2.75) is 26.0 Å². The molecule has 37 heavy (non-hydrogen) atoms. The molecule has 1 fully saturated rings. The van der Waals surface area contributed by atoms with Crippen molar-refractivity contribution in [1.82, 2.24) is 9.99 Å². The van der Waals surface area contributed by atoms with Crippen LogP contribution in [0.5, 0.6) is 11.5 Å². The topological polar surface area (TPSA) is 107 Å². The van der Waals surface area contributed by atoms with Gasteiger partial charge in [0, 0.05) is 18.3 Å². The van der Waals surface area contributed by atoms with Crippen molar-refractivity contribution in [2.24, 2.45) is 0 Å². The van der Waals surface area contributed by atoms with E-state index in [2.05, 4.69) is 28.3 Å². The third-order valence-corrected chi connectivity index (χ3v) is 6.23. The van der Waals surface area contributed by atoms with Gasteiger partial charge in [-0.25, -0.2) is 4.79 Å². The number of fused-ring (bicyclic) bond motifs is 1. The maximum absolute atomic E-state index is 12.4. The Hall–Kier alpha value is -4.15. The summed E-state index contributed by atoms with van der Waals surface area (Å²) >= 11 is 0. The molecular formula is C27H31N5O5. The number of para-hydroxylation sites is 1. The Balaban J connectivity index is 1.33. The zero-order chi connectivity index (χ0) is 25.8. The number of rotatable bonds is 8. The first-order valence-corrected chi connectivity index (χ1v) is 12.2. The highest BCUT2D eigenvalue weighted by Gasteiger charge is 2.28. The van der Waals surface area contributed by atoms with Gasteiger partial charge in [0.05, 0.1) is 41.6 Å². The molecule has 2 unspecified atom stereocenters. The van der Waals surface area contributed by atoms with Crippen LogP contribution in [0.1, 0.15) is 18.2 Å². The summed E-state index contributed by atoms with van der Waals surface area (Å²) in [6.45, 7) is 4.80. The van der Waals surface area contributed by atoms with Crippen LogP contribution in [-0.4, -0.2) is 50.0 Å². The first kappa shape index (κ1) is 24.5. The number of benzene rings is 2. The zero-order valence-electron chi connectivity index (χ0n) is 21.0. The second-order valence-electron chi connectivity index (χ2n) is 8.84. The number of amides is 1. The summed E-state index contributed by atoms with van der Waals surface area (Å²) in [5, 5.41) is 9.72. The molecule has 3 aromatic rings. The number of hydrogen-bond donors (Lipinski definition) is 4. The molecule has 1 amide bonds. The van der Waals surface area contributed by atoms with Gasteiger partial charge >= 0.3 is 6.09 Å². The van der Waals surface area contributed by atoms with Gasteiger partial charge in [-0.05, 0) is 50.2 Å². The van der Waals surface area contributed by atoms with Gasteiger partial charge in [-0.3, -0.25) is 9.99 Å². The second kappa shape index (κ2) is 10.9. The van der Waals surface area contributed by atoms with E-state index in [9.17, 15) is 4.79 Å². The molecule has 0 spiro atoms. The molecule has 2 aliphatic rings. The van der Waals surface area contributed by atoms with E-state index in [0.29, 0.717) is 12.3 Å². The second-order valence-corrected chi connectivity index (χ2v) is 8.84. The quantitative estimate of drug-likeness (QED) is 0.356. The van der Waals surface area contributed by atoms with Crippen molar-refractivity contribution >= 4 is 23.2 Å². The van der Waals surface area contributed by atoms with Crippen molar-refractivity contribution in [2.75, 3.05) is 43.1 Å². The van der Waals surface area contributed by atoms with E-state index in [-0.39, 0.29) is 25.5 Å². The van der Waals surface area contributed by atoms with Gasteiger partial charge < -0.3 is 35.0 Å². The number of ether oxygens (including phenoxy) is 4. The Labute approximate surface area is 215 Å². The Morgan fingerprint density at radius 2 is 1.89 bits per heavy atom. The average Bonchev–Trinajstić information content (AvgIpc) is 3.52. The molecule has 1 aromatic heterocycles. The van der Waals surface area contributed by atoms with E-state index in [0.717, 1.165) is 39.8 Å². The lowest BCUT2D eigenvalue weighted by Gasteiger charge is -2.31. The fourth-order valence-electron chi connectivity index (χ4n) is 4.38. The minimum atomic E-state index is -0.545. The monoisotopic (exact) mass is 505 g/mol. The predicted octanol–water partition coefficient (Wildman–Crippen LogP) is 4.46. The molecule has 0 saturated carbocycles. The fourth-order valence-corrected chi connectivity index (χ4v) is 4.38. The maximum atomic E-state index is 12.4. The van der Waals surface area contributed by atoms with Crippen LogP contribution in [0.25, 0.3) is 5.70 Å². The lowest BCUT2D eigenvalue weighted by atomic mass is 10.1. The summed E-state index contributed by atoms with van der Waals surface area (Å²) in [6.07, 6.45) is 1.07. The summed E-state index contributed by atoms with van der Waals surface area (Å²) in [4.78, 5) is 12.4. The number of anilines is 2. The molecule has 1 saturated heterocycles. The number of likely N-dealkylation sites (N-methyl/N-ethyl adjacent to an activating group) is 1. The van der Waals surface area contributed by atoms with Gasteiger partial charge in [0.1, 0.15) is 31.0 Å². The third kappa shape index (κ3) is 5.50. The van der Waals surface area contributed by atoms with Gasteiger partial charge in [0.2, 0.25) is 0 Å². The number of nitrogens with zero attached hydrogens (tertiary/aromatic N) is 1. The zero-order valence-corrected chi connectivity index (χ0v) is 21.0. The third-order valence-electron chi connectivity index (χ3n) is 6.23. The Bertz CT molecular complexity index is 1270. The molecule has 2 atom stereocenters. The standard InChI is InChI=1S/C27H31N5O5/c1-17-23(30-27(33)35-15-22-14-34-16-36-22)13-32-26(17)25(24(28-3)18(2)31-32)29-19-9-11-21(12-10-19)37-20-7-5-4-6-8-20/h4-13,18,22,28-29,31H,14-16H2,1-3H3,(H,30,33). The van der Waals surface area contributed by atoms with E-state index in [1.807, 2.05) is 79.4 Å². The van der Waals surface area contributed by atoms with Crippen LogP contribution in [-0.2, 0) is 14.2 Å². The Morgan fingerprint density at radius 1 is 1.14 bits per heavy atom. The van der Waals surface area contributed by atoms with Crippen LogP contribution in [0.4, 0.5) is 16.2 Å². The molecule has 10 heteroatoms. The van der Waals surface area contributed by atoms with Gasteiger partial charge in [0.25, 0.3) is 0 Å². The van der Waals surface area contributed by atoms with E-state index >= 15 is 0 Å². The van der Waals surface area contributed by atoms with E-state index < -0.39 is 6.09 Å². The minimum Gasteiger partial charge on any atom is -0.457 e. The van der Waals surface area contributed by atoms with Crippen molar-refractivity contribution < 1.29 is 23.7 Å². The predicted molar refractivity (Wildman–Crippen MR) is 141 cm³/mol. The van der Waals surface area contributed by atoms with E-state index in [4.69, 9.17) is 18.9 Å². The van der Waals surface area contributed by atoms with Crippen molar-refractivity contribution in [3.05, 3.63) is 77.7 Å². The van der Waals surface area contributed by atoms with Gasteiger partial charge in [-0.2, -0.15) is 0 Å². The highest BCUT2D eigenvalue weighted by molar-refractivity contribution is 5.89. The van der Waals surface area contributed by atoms with Crippen LogP contribution in [0.2, 0.25) is 0 Å². The molecule has 4 N–H and O–H groups in total. The highest BCUT2D eigenvalue weighted by atomic mass is 16.7. The molecular weight excluding hydrogens is 474 g/mol. The smallest absolute Gasteiger partial charge is 0.411 e. The molecule has 0 bridgehead atoms. The summed E-state index contributed by atoms with van der Waals surface area (Å²) in [6, 6.07) is 17.5. The van der Waals surface area contributed by atoms with Crippen LogP contribution < -0.4 is 26.1 Å². The normalized spacial score (nSPS) is 18.6. The molecule has 2 aliphatic heterocycles. The number of carbonyl (C=O) groups excluding carboxylic acids is 1. The SMILES string of the molecule is CNC1=C(Nc2ccc(Oc3ccccc3)cc2)c2c(C)c(NC(=O)OCC3COCO3)cn2NC1C. The van der Waals surface area contributed by atoms with Gasteiger partial charge in [0.15, 0.2) is 0 Å². The Kier molecular flexibility index (Phi) is 7.20. The van der Waals surface area contributed by atoms with Crippen LogP contribution in [0.3, 0.4) is 0 Å². The molecule has 2 aromatic carbocycles. The fraction of sp³-hybridized carbons (Fsp3) is 0.296. The van der Waals surface area contributed by atoms with Crippen LogP contribution in [0, 0.1) is 6.92 Å². The number of aromatic nitrogens is 1. The van der Waals surface area contributed by atoms with Gasteiger partial charge in [-0.1, -0.05) is 18.2 Å². The summed E-state index contributed by atoms with van der Waals surface area (Å²) in [5.41, 5.74) is 8.66. The molecule has 0 aliphatic carbocycles. The largest absolute Gasteiger partial charge is 0.457 e. The summed E-state index contributed by atoms with van der Waals surface area (Å²) in [5.74, 6) is 1.53. The Morgan fingerprint density at radius 3 is 2.59 bits per heavy atom. The lowest BCUT2D eigenvalue weighted by molar-refractivity contribution is 0.0240. The first-order chi connectivity index (χ1) is 18.0. The average molecular weight is 506 g/mol. The van der Waals surface area contributed by atoms with Crippen LogP contribution in [0.15, 0.2) is 66.5 Å².